The molecule has 0 aliphatic heterocycles. The zero-order valence-corrected chi connectivity index (χ0v) is 9.04. The van der Waals surface area contributed by atoms with Crippen LogP contribution >= 0.6 is 11.6 Å². The molecule has 0 unspecified atom stereocenters. The van der Waals surface area contributed by atoms with E-state index in [4.69, 9.17) is 16.7 Å². The number of imidazole rings is 1. The second-order valence-electron chi connectivity index (χ2n) is 3.41. The van der Waals surface area contributed by atoms with Gasteiger partial charge in [-0.25, -0.2) is 9.78 Å². The lowest BCUT2D eigenvalue weighted by Crippen LogP contribution is -1.99. The first-order chi connectivity index (χ1) is 7.00. The van der Waals surface area contributed by atoms with Gasteiger partial charge in [-0.15, -0.1) is 0 Å². The Bertz CT molecular complexity index is 560. The minimum absolute atomic E-state index is 0.0440. The van der Waals surface area contributed by atoms with Crippen molar-refractivity contribution in [3.05, 3.63) is 34.2 Å². The van der Waals surface area contributed by atoms with Crippen LogP contribution in [0, 0.1) is 13.8 Å². The molecule has 0 atom stereocenters. The molecule has 2 aromatic rings. The molecule has 0 spiro atoms. The molecule has 0 aliphatic rings. The second-order valence-corrected chi connectivity index (χ2v) is 3.82. The molecule has 5 heteroatoms. The van der Waals surface area contributed by atoms with Crippen molar-refractivity contribution in [2.24, 2.45) is 0 Å². The molecular weight excluding hydrogens is 216 g/mol. The zero-order valence-electron chi connectivity index (χ0n) is 8.28. The summed E-state index contributed by atoms with van der Waals surface area (Å²) < 4.78 is 1.70. The summed E-state index contributed by atoms with van der Waals surface area (Å²) in [6.45, 7) is 3.60. The van der Waals surface area contributed by atoms with Crippen LogP contribution in [0.25, 0.3) is 5.65 Å². The van der Waals surface area contributed by atoms with E-state index in [0.29, 0.717) is 16.4 Å². The maximum absolute atomic E-state index is 10.9. The fraction of sp³-hybridized carbons (Fsp3) is 0.200. The molecule has 0 amide bonds. The number of fused-ring (bicyclic) bond motifs is 1. The van der Waals surface area contributed by atoms with Crippen LogP contribution in [-0.2, 0) is 0 Å². The number of carboxylic acid groups (broad SMARTS) is 1. The van der Waals surface area contributed by atoms with E-state index in [1.165, 1.54) is 0 Å². The van der Waals surface area contributed by atoms with Gasteiger partial charge in [-0.2, -0.15) is 0 Å². The van der Waals surface area contributed by atoms with Crippen molar-refractivity contribution < 1.29 is 9.90 Å². The highest BCUT2D eigenvalue weighted by Gasteiger charge is 2.16. The van der Waals surface area contributed by atoms with Gasteiger partial charge in [0.15, 0.2) is 11.3 Å². The summed E-state index contributed by atoms with van der Waals surface area (Å²) in [7, 11) is 0. The summed E-state index contributed by atoms with van der Waals surface area (Å²) in [4.78, 5) is 14.9. The highest BCUT2D eigenvalue weighted by molar-refractivity contribution is 6.33. The van der Waals surface area contributed by atoms with Gasteiger partial charge in [0.1, 0.15) is 0 Å². The first kappa shape index (κ1) is 9.98. The Morgan fingerprint density at radius 2 is 2.20 bits per heavy atom. The Balaban J connectivity index is 2.88. The lowest BCUT2D eigenvalue weighted by Gasteiger charge is -2.00. The van der Waals surface area contributed by atoms with Gasteiger partial charge >= 0.3 is 5.97 Å². The number of halogens is 1. The Labute approximate surface area is 91.1 Å². The predicted octanol–water partition coefficient (Wildman–Crippen LogP) is 2.30. The molecule has 15 heavy (non-hydrogen) atoms. The first-order valence-electron chi connectivity index (χ1n) is 4.39. The number of pyridine rings is 1. The predicted molar refractivity (Wildman–Crippen MR) is 56.6 cm³/mol. The number of aryl methyl sites for hydroxylation is 2. The Morgan fingerprint density at radius 1 is 1.53 bits per heavy atom. The quantitative estimate of drug-likeness (QED) is 0.809. The van der Waals surface area contributed by atoms with E-state index in [-0.39, 0.29) is 5.69 Å². The van der Waals surface area contributed by atoms with E-state index in [9.17, 15) is 4.79 Å². The molecule has 2 rings (SSSR count). The first-order valence-corrected chi connectivity index (χ1v) is 4.76. The molecule has 78 valence electrons. The maximum atomic E-state index is 10.9. The van der Waals surface area contributed by atoms with E-state index >= 15 is 0 Å². The van der Waals surface area contributed by atoms with Crippen molar-refractivity contribution in [3.63, 3.8) is 0 Å². The molecule has 0 saturated carbocycles. The fourth-order valence-corrected chi connectivity index (χ4v) is 1.85. The topological polar surface area (TPSA) is 54.6 Å². The summed E-state index contributed by atoms with van der Waals surface area (Å²) in [5.74, 6) is -1.04. The third kappa shape index (κ3) is 1.47. The van der Waals surface area contributed by atoms with Crippen molar-refractivity contribution in [2.45, 2.75) is 13.8 Å². The van der Waals surface area contributed by atoms with E-state index in [0.717, 1.165) is 5.56 Å². The van der Waals surface area contributed by atoms with Crippen LogP contribution in [0.3, 0.4) is 0 Å². The molecule has 4 nitrogen and oxygen atoms in total. The number of nitrogens with zero attached hydrogens (tertiary/aromatic N) is 2. The molecule has 2 heterocycles. The van der Waals surface area contributed by atoms with Gasteiger partial charge in [-0.1, -0.05) is 11.6 Å². The number of carboxylic acids is 1. The van der Waals surface area contributed by atoms with E-state index in [1.807, 2.05) is 13.1 Å². The average Bonchev–Trinajstić information content (AvgIpc) is 2.44. The molecule has 0 aliphatic carbocycles. The molecule has 0 radical (unpaired) electrons. The minimum Gasteiger partial charge on any atom is -0.476 e. The normalized spacial score (nSPS) is 10.9. The third-order valence-electron chi connectivity index (χ3n) is 2.25. The van der Waals surface area contributed by atoms with Crippen LogP contribution in [0.2, 0.25) is 5.02 Å². The van der Waals surface area contributed by atoms with Crippen molar-refractivity contribution in [2.75, 3.05) is 0 Å². The van der Waals surface area contributed by atoms with Gasteiger partial charge in [-0.3, -0.25) is 0 Å². The third-order valence-corrected chi connectivity index (χ3v) is 2.53. The van der Waals surface area contributed by atoms with Crippen LogP contribution in [0.15, 0.2) is 12.3 Å². The molecule has 1 N–H and O–H groups in total. The maximum Gasteiger partial charge on any atom is 0.356 e. The zero-order chi connectivity index (χ0) is 11.2. The SMILES string of the molecule is Cc1cc(Cl)c2nc(C(=O)O)c(C)n2c1. The fourth-order valence-electron chi connectivity index (χ4n) is 1.55. The standard InChI is InChI=1S/C10H9ClN2O2/c1-5-3-7(11)9-12-8(10(14)15)6(2)13(9)4-5/h3-4H,1-2H3,(H,14,15). The Kier molecular flexibility index (Phi) is 2.16. The lowest BCUT2D eigenvalue weighted by atomic mass is 10.3. The number of rotatable bonds is 1. The molecule has 2 aromatic heterocycles. The lowest BCUT2D eigenvalue weighted by molar-refractivity contribution is 0.0690. The van der Waals surface area contributed by atoms with Crippen LogP contribution in [0.1, 0.15) is 21.7 Å². The van der Waals surface area contributed by atoms with Gasteiger partial charge < -0.3 is 9.51 Å². The number of aromatic nitrogens is 2. The summed E-state index contributed by atoms with van der Waals surface area (Å²) in [5.41, 5.74) is 2.08. The van der Waals surface area contributed by atoms with Crippen molar-refractivity contribution in [3.8, 4) is 0 Å². The molecule has 0 fully saturated rings. The summed E-state index contributed by atoms with van der Waals surface area (Å²) >= 11 is 5.98. The van der Waals surface area contributed by atoms with Crippen LogP contribution < -0.4 is 0 Å². The minimum atomic E-state index is -1.04. The van der Waals surface area contributed by atoms with Crippen molar-refractivity contribution >= 4 is 23.2 Å². The van der Waals surface area contributed by atoms with E-state index in [1.54, 1.807) is 17.4 Å². The summed E-state index contributed by atoms with van der Waals surface area (Å²) in [6.07, 6.45) is 1.82. The largest absolute Gasteiger partial charge is 0.476 e. The van der Waals surface area contributed by atoms with E-state index in [2.05, 4.69) is 4.98 Å². The second kappa shape index (κ2) is 3.24. The highest BCUT2D eigenvalue weighted by atomic mass is 35.5. The van der Waals surface area contributed by atoms with Crippen molar-refractivity contribution in [1.29, 1.82) is 0 Å². The van der Waals surface area contributed by atoms with Crippen LogP contribution in [-0.4, -0.2) is 20.5 Å². The van der Waals surface area contributed by atoms with E-state index < -0.39 is 5.97 Å². The number of carbonyl (C=O) groups is 1. The number of hydrogen-bond acceptors (Lipinski definition) is 2. The van der Waals surface area contributed by atoms with Gasteiger partial charge in [-0.05, 0) is 25.5 Å². The van der Waals surface area contributed by atoms with Gasteiger partial charge in [0.05, 0.1) is 10.7 Å². The molecule has 0 aromatic carbocycles. The van der Waals surface area contributed by atoms with Gasteiger partial charge in [0, 0.05) is 6.20 Å². The molecular formula is C10H9ClN2O2. The van der Waals surface area contributed by atoms with Gasteiger partial charge in [0.25, 0.3) is 0 Å². The summed E-state index contributed by atoms with van der Waals surface area (Å²) in [6, 6.07) is 1.76. The Morgan fingerprint density at radius 3 is 2.80 bits per heavy atom. The number of hydrogen-bond donors (Lipinski definition) is 1. The van der Waals surface area contributed by atoms with Crippen LogP contribution in [0.5, 0.6) is 0 Å². The monoisotopic (exact) mass is 224 g/mol. The Hall–Kier alpha value is -1.55. The van der Waals surface area contributed by atoms with Crippen molar-refractivity contribution in [1.82, 2.24) is 9.38 Å². The average molecular weight is 225 g/mol. The molecule has 0 saturated heterocycles. The number of aromatic carboxylic acids is 1. The van der Waals surface area contributed by atoms with Crippen LogP contribution in [0.4, 0.5) is 0 Å². The molecule has 0 bridgehead atoms. The van der Waals surface area contributed by atoms with Gasteiger partial charge in [0.2, 0.25) is 0 Å². The smallest absolute Gasteiger partial charge is 0.356 e. The highest BCUT2D eigenvalue weighted by Crippen LogP contribution is 2.21. The summed E-state index contributed by atoms with van der Waals surface area (Å²) in [5, 5.41) is 9.37.